The summed E-state index contributed by atoms with van der Waals surface area (Å²) in [6, 6.07) is 62.2. The molecule has 3 nitrogen and oxygen atoms in total. The Hall–Kier alpha value is -6.71. The third kappa shape index (κ3) is 3.97. The molecule has 0 saturated heterocycles. The van der Waals surface area contributed by atoms with Crippen LogP contribution in [0.1, 0.15) is 22.3 Å². The second-order valence-corrected chi connectivity index (χ2v) is 13.4. The van der Waals surface area contributed by atoms with Crippen molar-refractivity contribution in [2.75, 3.05) is 0 Å². The Balaban J connectivity index is 1.20. The molecule has 238 valence electrons. The maximum atomic E-state index is 6.88. The van der Waals surface area contributed by atoms with E-state index in [9.17, 15) is 0 Å². The molecule has 0 radical (unpaired) electrons. The zero-order valence-corrected chi connectivity index (χ0v) is 27.5. The van der Waals surface area contributed by atoms with Crippen LogP contribution in [0.3, 0.4) is 0 Å². The molecule has 0 fully saturated rings. The molecule has 3 heteroatoms. The minimum atomic E-state index is -0.631. The minimum absolute atomic E-state index is 0.631. The van der Waals surface area contributed by atoms with Crippen molar-refractivity contribution in [2.45, 2.75) is 5.41 Å². The Morgan fingerprint density at radius 3 is 1.61 bits per heavy atom. The summed E-state index contributed by atoms with van der Waals surface area (Å²) in [5.74, 6) is 2.94. The highest BCUT2D eigenvalue weighted by Crippen LogP contribution is 2.67. The number of pyridine rings is 1. The molecule has 1 aliphatic heterocycles. The molecule has 2 heterocycles. The number of hydrogen-bond donors (Lipinski definition) is 0. The molecule has 0 saturated carbocycles. The first-order valence-electron chi connectivity index (χ1n) is 17.4. The summed E-state index contributed by atoms with van der Waals surface area (Å²) < 4.78 is 13.4. The van der Waals surface area contributed by atoms with Crippen molar-refractivity contribution in [3.8, 4) is 78.9 Å². The largest absolute Gasteiger partial charge is 0.450 e. The summed E-state index contributed by atoms with van der Waals surface area (Å²) in [6.45, 7) is 0. The molecule has 0 atom stereocenters. The molecular weight excluding hydrogens is 623 g/mol. The van der Waals surface area contributed by atoms with Gasteiger partial charge in [0.1, 0.15) is 0 Å². The smallest absolute Gasteiger partial charge is 0.175 e. The zero-order chi connectivity index (χ0) is 33.5. The van der Waals surface area contributed by atoms with Gasteiger partial charge in [0.15, 0.2) is 23.0 Å². The van der Waals surface area contributed by atoms with Crippen LogP contribution in [-0.2, 0) is 5.41 Å². The average Bonchev–Trinajstić information content (AvgIpc) is 3.67. The number of fused-ring (bicyclic) bond motifs is 13. The van der Waals surface area contributed by atoms with Gasteiger partial charge in [0.25, 0.3) is 0 Å². The lowest BCUT2D eigenvalue weighted by molar-refractivity contribution is 0.354. The van der Waals surface area contributed by atoms with E-state index in [-0.39, 0.29) is 0 Å². The van der Waals surface area contributed by atoms with Crippen molar-refractivity contribution in [1.29, 1.82) is 0 Å². The summed E-state index contributed by atoms with van der Waals surface area (Å²) in [5.41, 5.74) is 15.3. The van der Waals surface area contributed by atoms with Gasteiger partial charge in [0, 0.05) is 16.7 Å². The lowest BCUT2D eigenvalue weighted by Gasteiger charge is -2.33. The molecule has 51 heavy (non-hydrogen) atoms. The molecule has 0 N–H and O–H groups in total. The van der Waals surface area contributed by atoms with Crippen LogP contribution >= 0.6 is 0 Å². The molecule has 7 aromatic carbocycles. The predicted molar refractivity (Wildman–Crippen MR) is 203 cm³/mol. The van der Waals surface area contributed by atoms with Gasteiger partial charge in [-0.05, 0) is 86.5 Å². The minimum Gasteiger partial charge on any atom is -0.450 e. The van der Waals surface area contributed by atoms with Crippen molar-refractivity contribution >= 4 is 0 Å². The van der Waals surface area contributed by atoms with Gasteiger partial charge in [-0.3, -0.25) is 0 Å². The molecule has 8 aromatic rings. The van der Waals surface area contributed by atoms with Crippen LogP contribution in [0, 0.1) is 0 Å². The van der Waals surface area contributed by atoms with Gasteiger partial charge >= 0.3 is 0 Å². The van der Waals surface area contributed by atoms with Crippen LogP contribution in [0.2, 0.25) is 0 Å². The van der Waals surface area contributed by atoms with Gasteiger partial charge in [-0.15, -0.1) is 0 Å². The molecular formula is C48H29NO2. The van der Waals surface area contributed by atoms with Gasteiger partial charge in [0.05, 0.1) is 16.8 Å². The third-order valence-electron chi connectivity index (χ3n) is 10.7. The van der Waals surface area contributed by atoms with Crippen molar-refractivity contribution in [1.82, 2.24) is 4.98 Å². The first kappa shape index (κ1) is 28.2. The highest BCUT2D eigenvalue weighted by atomic mass is 16.6. The van der Waals surface area contributed by atoms with Crippen LogP contribution in [0.4, 0.5) is 0 Å². The van der Waals surface area contributed by atoms with E-state index in [0.717, 1.165) is 67.8 Å². The summed E-state index contributed by atoms with van der Waals surface area (Å²) in [4.78, 5) is 5.33. The highest BCUT2D eigenvalue weighted by molar-refractivity contribution is 5.98. The second kappa shape index (κ2) is 10.6. The quantitative estimate of drug-likeness (QED) is 0.190. The van der Waals surface area contributed by atoms with Crippen molar-refractivity contribution in [3.63, 3.8) is 0 Å². The second-order valence-electron chi connectivity index (χ2n) is 13.4. The van der Waals surface area contributed by atoms with Gasteiger partial charge in [0.2, 0.25) is 0 Å². The zero-order valence-electron chi connectivity index (χ0n) is 27.5. The Labute approximate surface area is 296 Å². The summed E-state index contributed by atoms with van der Waals surface area (Å²) in [7, 11) is 0. The molecule has 3 aliphatic rings. The van der Waals surface area contributed by atoms with Crippen molar-refractivity contribution < 1.29 is 9.47 Å². The van der Waals surface area contributed by atoms with Crippen LogP contribution in [0.15, 0.2) is 176 Å². The molecule has 2 aliphatic carbocycles. The van der Waals surface area contributed by atoms with E-state index in [0.29, 0.717) is 0 Å². The number of benzene rings is 7. The van der Waals surface area contributed by atoms with Gasteiger partial charge < -0.3 is 9.47 Å². The molecule has 1 spiro atoms. The summed E-state index contributed by atoms with van der Waals surface area (Å²) in [6.07, 6.45) is 0. The summed E-state index contributed by atoms with van der Waals surface area (Å²) in [5, 5.41) is 0. The number of aromatic nitrogens is 1. The molecule has 1 aromatic heterocycles. The monoisotopic (exact) mass is 651 g/mol. The number of para-hydroxylation sites is 2. The van der Waals surface area contributed by atoms with E-state index in [1.165, 1.54) is 33.4 Å². The Kier molecular flexibility index (Phi) is 5.88. The predicted octanol–water partition coefficient (Wildman–Crippen LogP) is 12.3. The fourth-order valence-electron chi connectivity index (χ4n) is 8.60. The van der Waals surface area contributed by atoms with Crippen LogP contribution in [0.5, 0.6) is 23.0 Å². The number of nitrogens with zero attached hydrogens (tertiary/aromatic N) is 1. The van der Waals surface area contributed by atoms with E-state index in [2.05, 4.69) is 146 Å². The fourth-order valence-corrected chi connectivity index (χ4v) is 8.60. The number of rotatable bonds is 3. The number of hydrogen-bond acceptors (Lipinski definition) is 3. The maximum Gasteiger partial charge on any atom is 0.175 e. The number of ether oxygens (including phenoxy) is 2. The van der Waals surface area contributed by atoms with E-state index < -0.39 is 5.41 Å². The van der Waals surface area contributed by atoms with Crippen LogP contribution in [0.25, 0.3) is 55.9 Å². The highest BCUT2D eigenvalue weighted by Gasteiger charge is 2.54. The van der Waals surface area contributed by atoms with Gasteiger partial charge in [-0.2, -0.15) is 0 Å². The van der Waals surface area contributed by atoms with E-state index >= 15 is 0 Å². The summed E-state index contributed by atoms with van der Waals surface area (Å²) >= 11 is 0. The van der Waals surface area contributed by atoms with E-state index in [1.54, 1.807) is 0 Å². The van der Waals surface area contributed by atoms with E-state index in [1.807, 2.05) is 30.3 Å². The van der Waals surface area contributed by atoms with Crippen molar-refractivity contribution in [2.24, 2.45) is 0 Å². The molecule has 0 amide bonds. The normalized spacial score (nSPS) is 13.6. The average molecular weight is 652 g/mol. The fraction of sp³-hybridized carbons (Fsp3) is 0.0208. The standard InChI is InChI=1S/C48H29NO2/c1-3-13-30(14-4-1)33-28-41(31-15-5-2-6-16-31)49-42(29-33)32-23-24-36-37-25-26-45-47(51-44-22-12-11-21-43(44)50-45)46(37)48(40(36)27-32)38-19-9-7-17-34(38)35-18-8-10-20-39(35)48/h1-29H. The lowest BCUT2D eigenvalue weighted by Crippen LogP contribution is -2.27. The maximum absolute atomic E-state index is 6.88. The Morgan fingerprint density at radius 1 is 0.353 bits per heavy atom. The Bertz CT molecular complexity index is 2590. The van der Waals surface area contributed by atoms with Gasteiger partial charge in [-0.25, -0.2) is 4.98 Å². The first-order chi connectivity index (χ1) is 25.3. The van der Waals surface area contributed by atoms with Gasteiger partial charge in [-0.1, -0.05) is 140 Å². The molecule has 11 rings (SSSR count). The molecule has 0 unspecified atom stereocenters. The third-order valence-corrected chi connectivity index (χ3v) is 10.7. The topological polar surface area (TPSA) is 31.4 Å². The lowest BCUT2D eigenvalue weighted by atomic mass is 9.70. The SMILES string of the molecule is c1ccc(-c2cc(-c3ccccc3)nc(-c3ccc4c(c3)C3(c5ccccc5-c5ccccc53)c3c-4ccc4c3Oc3ccccc3O4)c2)cc1. The molecule has 0 bridgehead atoms. The van der Waals surface area contributed by atoms with Crippen LogP contribution < -0.4 is 9.47 Å². The first-order valence-corrected chi connectivity index (χ1v) is 17.4. The van der Waals surface area contributed by atoms with E-state index in [4.69, 9.17) is 14.5 Å². The Morgan fingerprint density at radius 2 is 0.902 bits per heavy atom. The van der Waals surface area contributed by atoms with Crippen molar-refractivity contribution in [3.05, 3.63) is 198 Å². The van der Waals surface area contributed by atoms with Crippen LogP contribution in [-0.4, -0.2) is 4.98 Å².